The van der Waals surface area contributed by atoms with E-state index in [1.54, 1.807) is 0 Å². The van der Waals surface area contributed by atoms with E-state index in [1.807, 2.05) is 0 Å². The van der Waals surface area contributed by atoms with Crippen molar-refractivity contribution in [2.24, 2.45) is 0 Å². The second-order valence-corrected chi connectivity index (χ2v) is 0.577. The zero-order chi connectivity index (χ0) is 5.41. The van der Waals surface area contributed by atoms with E-state index >= 15 is 0 Å². The third-order valence-corrected chi connectivity index (χ3v) is 0. The Kier molecular flexibility index (Phi) is 91.2. The first-order valence-corrected chi connectivity index (χ1v) is 1.63. The van der Waals surface area contributed by atoms with Crippen molar-refractivity contribution >= 4 is 0 Å². The summed E-state index contributed by atoms with van der Waals surface area (Å²) in [4.78, 5) is 0. The fourth-order valence-corrected chi connectivity index (χ4v) is 0. The SMILES string of the molecule is C=C[CH2-].C=C[CH2-].[Zn+2]. The van der Waals surface area contributed by atoms with Gasteiger partial charge in [-0.2, -0.15) is 0 Å². The molecule has 0 amide bonds. The van der Waals surface area contributed by atoms with Crippen molar-refractivity contribution in [3.63, 3.8) is 0 Å². The Hall–Kier alpha value is -0.157. The summed E-state index contributed by atoms with van der Waals surface area (Å²) in [5.41, 5.74) is 0. The van der Waals surface area contributed by atoms with Crippen LogP contribution in [0.15, 0.2) is 25.3 Å². The third kappa shape index (κ3) is 3520. The maximum Gasteiger partial charge on any atom is 2.00 e. The van der Waals surface area contributed by atoms with Gasteiger partial charge >= 0.3 is 19.5 Å². The number of hydrogen-bond acceptors (Lipinski definition) is 0. The molecule has 0 aromatic rings. The molecule has 0 aromatic carbocycles. The van der Waals surface area contributed by atoms with E-state index in [1.165, 1.54) is 12.2 Å². The maximum absolute atomic E-state index is 3.25. The predicted octanol–water partition coefficient (Wildman–Crippen LogP) is 2.01. The van der Waals surface area contributed by atoms with Crippen LogP contribution in [0.3, 0.4) is 0 Å². The van der Waals surface area contributed by atoms with Crippen LogP contribution in [0.25, 0.3) is 0 Å². The fraction of sp³-hybridized carbons (Fsp3) is 0. The van der Waals surface area contributed by atoms with Crippen LogP contribution >= 0.6 is 0 Å². The van der Waals surface area contributed by atoms with Crippen molar-refractivity contribution in [2.75, 3.05) is 0 Å². The van der Waals surface area contributed by atoms with Crippen LogP contribution in [0.5, 0.6) is 0 Å². The van der Waals surface area contributed by atoms with Crippen molar-refractivity contribution in [1.82, 2.24) is 0 Å². The van der Waals surface area contributed by atoms with Gasteiger partial charge in [0.15, 0.2) is 0 Å². The van der Waals surface area contributed by atoms with E-state index in [2.05, 4.69) is 27.0 Å². The topological polar surface area (TPSA) is 0 Å². The van der Waals surface area contributed by atoms with Crippen LogP contribution in [0.4, 0.5) is 0 Å². The Labute approximate surface area is 59.1 Å². The van der Waals surface area contributed by atoms with Crippen LogP contribution in [0.1, 0.15) is 0 Å². The monoisotopic (exact) mass is 146 g/mol. The molecule has 36 valence electrons. The zero-order valence-electron chi connectivity index (χ0n) is 4.69. The van der Waals surface area contributed by atoms with Crippen LogP contribution in [0.2, 0.25) is 0 Å². The molecule has 0 aliphatic rings. The number of rotatable bonds is 0. The summed E-state index contributed by atoms with van der Waals surface area (Å²) in [5.74, 6) is 0. The fourth-order valence-electron chi connectivity index (χ4n) is 0. The Morgan fingerprint density at radius 2 is 1.00 bits per heavy atom. The van der Waals surface area contributed by atoms with Crippen LogP contribution in [-0.4, -0.2) is 0 Å². The van der Waals surface area contributed by atoms with Gasteiger partial charge in [0, 0.05) is 0 Å². The van der Waals surface area contributed by atoms with Gasteiger partial charge in [-0.3, -0.25) is 0 Å². The van der Waals surface area contributed by atoms with Gasteiger partial charge in [-0.25, -0.2) is 39.2 Å². The Bertz CT molecular complexity index is 25.2. The van der Waals surface area contributed by atoms with Crippen LogP contribution in [-0.2, 0) is 19.5 Å². The van der Waals surface area contributed by atoms with Crippen molar-refractivity contribution in [3.8, 4) is 0 Å². The van der Waals surface area contributed by atoms with Gasteiger partial charge in [-0.05, 0) is 0 Å². The second kappa shape index (κ2) is 40.3. The summed E-state index contributed by atoms with van der Waals surface area (Å²) in [6, 6.07) is 0. The van der Waals surface area contributed by atoms with Crippen molar-refractivity contribution < 1.29 is 19.5 Å². The minimum atomic E-state index is 0. The van der Waals surface area contributed by atoms with E-state index < -0.39 is 0 Å². The molecule has 0 saturated carbocycles. The smallest absolute Gasteiger partial charge is 0.245 e. The van der Waals surface area contributed by atoms with E-state index in [4.69, 9.17) is 0 Å². The second-order valence-electron chi connectivity index (χ2n) is 0.577. The molecular formula is C6H10Zn. The summed E-state index contributed by atoms with van der Waals surface area (Å²) in [6.45, 7) is 13.0. The number of allylic oxidation sites excluding steroid dienone is 2. The van der Waals surface area contributed by atoms with Crippen molar-refractivity contribution in [3.05, 3.63) is 39.2 Å². The van der Waals surface area contributed by atoms with E-state index in [0.29, 0.717) is 0 Å². The molecule has 0 bridgehead atoms. The summed E-state index contributed by atoms with van der Waals surface area (Å²) in [6.07, 6.45) is 3.00. The summed E-state index contributed by atoms with van der Waals surface area (Å²) in [5, 5.41) is 0. The molecule has 0 spiro atoms. The molecule has 0 atom stereocenters. The van der Waals surface area contributed by atoms with Crippen molar-refractivity contribution in [1.29, 1.82) is 0 Å². The molecule has 0 fully saturated rings. The summed E-state index contributed by atoms with van der Waals surface area (Å²) in [7, 11) is 0. The van der Waals surface area contributed by atoms with Crippen molar-refractivity contribution in [2.45, 2.75) is 0 Å². The molecular weight excluding hydrogens is 137 g/mol. The first-order valence-electron chi connectivity index (χ1n) is 1.63. The van der Waals surface area contributed by atoms with E-state index in [-0.39, 0.29) is 19.5 Å². The molecule has 1 heteroatoms. The average molecular weight is 148 g/mol. The minimum Gasteiger partial charge on any atom is -0.245 e. The van der Waals surface area contributed by atoms with E-state index in [9.17, 15) is 0 Å². The van der Waals surface area contributed by atoms with Gasteiger partial charge in [0.05, 0.1) is 0 Å². The Balaban J connectivity index is -0.0000000400. The quantitative estimate of drug-likeness (QED) is 0.363. The van der Waals surface area contributed by atoms with Gasteiger partial charge in [-0.15, -0.1) is 0 Å². The molecule has 0 aromatic heterocycles. The van der Waals surface area contributed by atoms with Gasteiger partial charge in [0.25, 0.3) is 0 Å². The molecule has 0 aliphatic carbocycles. The van der Waals surface area contributed by atoms with Crippen LogP contribution < -0.4 is 0 Å². The summed E-state index contributed by atoms with van der Waals surface area (Å²) >= 11 is 0. The minimum absolute atomic E-state index is 0. The summed E-state index contributed by atoms with van der Waals surface area (Å²) < 4.78 is 0. The predicted molar refractivity (Wildman–Crippen MR) is 31.1 cm³/mol. The van der Waals surface area contributed by atoms with Gasteiger partial charge in [-0.1, -0.05) is 0 Å². The molecule has 0 saturated heterocycles. The molecule has 0 heterocycles. The van der Waals surface area contributed by atoms with E-state index in [0.717, 1.165) is 0 Å². The Morgan fingerprint density at radius 3 is 1.00 bits per heavy atom. The molecule has 0 unspecified atom stereocenters. The van der Waals surface area contributed by atoms with Gasteiger partial charge < -0.3 is 0 Å². The van der Waals surface area contributed by atoms with Crippen LogP contribution in [0, 0.1) is 13.8 Å². The molecule has 0 rings (SSSR count). The number of hydrogen-bond donors (Lipinski definition) is 0. The third-order valence-electron chi connectivity index (χ3n) is 0. The average Bonchev–Trinajstić information content (AvgIpc) is 1.39. The molecule has 0 N–H and O–H groups in total. The standard InChI is InChI=1S/2C3H5.Zn/c2*1-3-2;/h2*3H,1-2H2;/q2*-1;+2. The molecule has 0 nitrogen and oxygen atoms in total. The van der Waals surface area contributed by atoms with Gasteiger partial charge in [0.1, 0.15) is 0 Å². The first-order chi connectivity index (χ1) is 2.83. The maximum atomic E-state index is 3.25. The molecule has 0 aliphatic heterocycles. The molecule has 0 radical (unpaired) electrons. The first kappa shape index (κ1) is 15.8. The Morgan fingerprint density at radius 1 is 1.00 bits per heavy atom. The van der Waals surface area contributed by atoms with Gasteiger partial charge in [0.2, 0.25) is 0 Å². The zero-order valence-corrected chi connectivity index (χ0v) is 7.66. The molecule has 7 heavy (non-hydrogen) atoms. The normalized spacial score (nSPS) is 3.43. The largest absolute Gasteiger partial charge is 2.00 e.